The Morgan fingerprint density at radius 3 is 2.80 bits per heavy atom. The molecule has 1 aromatic rings. The van der Waals surface area contributed by atoms with Gasteiger partial charge >= 0.3 is 0 Å². The predicted molar refractivity (Wildman–Crippen MR) is 82.0 cm³/mol. The molecule has 0 saturated heterocycles. The van der Waals surface area contributed by atoms with Crippen molar-refractivity contribution in [2.24, 2.45) is 0 Å². The molecule has 2 rings (SSSR count). The van der Waals surface area contributed by atoms with E-state index in [1.54, 1.807) is 7.11 Å². The molecule has 0 bridgehead atoms. The highest BCUT2D eigenvalue weighted by atomic mass is 16.5. The second kappa shape index (κ2) is 6.25. The summed E-state index contributed by atoms with van der Waals surface area (Å²) in [5, 5.41) is 13.5. The van der Waals surface area contributed by atoms with Gasteiger partial charge in [0.05, 0.1) is 12.2 Å². The summed E-state index contributed by atoms with van der Waals surface area (Å²) >= 11 is 0. The molecule has 20 heavy (non-hydrogen) atoms. The summed E-state index contributed by atoms with van der Waals surface area (Å²) in [6, 6.07) is 7.29. The van der Waals surface area contributed by atoms with Crippen LogP contribution in [0.25, 0.3) is 0 Å². The van der Waals surface area contributed by atoms with Gasteiger partial charge in [-0.15, -0.1) is 0 Å². The molecule has 0 spiro atoms. The number of ether oxygens (including phenoxy) is 1. The Bertz CT molecular complexity index is 451. The van der Waals surface area contributed by atoms with Gasteiger partial charge in [0.2, 0.25) is 0 Å². The predicted octanol–water partition coefficient (Wildman–Crippen LogP) is 2.61. The Hall–Kier alpha value is -0.900. The number of fused-ring (bicyclic) bond motifs is 1. The summed E-state index contributed by atoms with van der Waals surface area (Å²) < 4.78 is 5.30. The molecule has 2 atom stereocenters. The molecule has 0 aromatic heterocycles. The van der Waals surface area contributed by atoms with Crippen LogP contribution >= 0.6 is 0 Å². The Kier molecular flexibility index (Phi) is 4.84. The van der Waals surface area contributed by atoms with E-state index in [1.807, 2.05) is 13.8 Å². The van der Waals surface area contributed by atoms with E-state index in [1.165, 1.54) is 16.7 Å². The standard InChI is InChI=1S/C17H27NO2/c1-12-15-7-5-6-13(8-9-17(2,3)19)16(15)10-14(18-12)11-20-4/h5-7,12,14,18-19H,8-11H2,1-4H3/t12-,14+/m0/s1. The van der Waals surface area contributed by atoms with Gasteiger partial charge in [0, 0.05) is 19.2 Å². The molecular formula is C17H27NO2. The van der Waals surface area contributed by atoms with Crippen LogP contribution < -0.4 is 5.32 Å². The average molecular weight is 277 g/mol. The molecule has 0 amide bonds. The van der Waals surface area contributed by atoms with Crippen LogP contribution in [0.1, 0.15) is 49.9 Å². The maximum absolute atomic E-state index is 9.94. The molecule has 3 nitrogen and oxygen atoms in total. The third-order valence-electron chi connectivity index (χ3n) is 4.09. The first-order valence-electron chi connectivity index (χ1n) is 7.49. The average Bonchev–Trinajstić information content (AvgIpc) is 2.36. The van der Waals surface area contributed by atoms with Crippen molar-refractivity contribution < 1.29 is 9.84 Å². The van der Waals surface area contributed by atoms with Gasteiger partial charge in [-0.2, -0.15) is 0 Å². The van der Waals surface area contributed by atoms with Crippen LogP contribution in [-0.2, 0) is 17.6 Å². The smallest absolute Gasteiger partial charge is 0.0619 e. The Morgan fingerprint density at radius 1 is 1.40 bits per heavy atom. The van der Waals surface area contributed by atoms with Crippen LogP contribution in [0, 0.1) is 0 Å². The first-order valence-corrected chi connectivity index (χ1v) is 7.49. The van der Waals surface area contributed by atoms with E-state index < -0.39 is 5.60 Å². The minimum Gasteiger partial charge on any atom is -0.390 e. The zero-order valence-corrected chi connectivity index (χ0v) is 13.1. The fraction of sp³-hybridized carbons (Fsp3) is 0.647. The van der Waals surface area contributed by atoms with Crippen molar-refractivity contribution in [2.45, 2.75) is 57.7 Å². The summed E-state index contributed by atoms with van der Waals surface area (Å²) in [6.45, 7) is 6.70. The van der Waals surface area contributed by atoms with Gasteiger partial charge in [0.15, 0.2) is 0 Å². The van der Waals surface area contributed by atoms with E-state index in [4.69, 9.17) is 4.74 Å². The van der Waals surface area contributed by atoms with E-state index in [9.17, 15) is 5.11 Å². The van der Waals surface area contributed by atoms with Crippen molar-refractivity contribution >= 4 is 0 Å². The summed E-state index contributed by atoms with van der Waals surface area (Å²) in [5.41, 5.74) is 3.61. The van der Waals surface area contributed by atoms with Crippen molar-refractivity contribution in [1.29, 1.82) is 0 Å². The number of aliphatic hydroxyl groups is 1. The number of benzene rings is 1. The minimum atomic E-state index is -0.604. The topological polar surface area (TPSA) is 41.5 Å². The van der Waals surface area contributed by atoms with Crippen molar-refractivity contribution in [1.82, 2.24) is 5.32 Å². The van der Waals surface area contributed by atoms with E-state index in [2.05, 4.69) is 30.4 Å². The molecule has 1 heterocycles. The highest BCUT2D eigenvalue weighted by molar-refractivity contribution is 5.40. The summed E-state index contributed by atoms with van der Waals surface area (Å²) in [7, 11) is 1.75. The summed E-state index contributed by atoms with van der Waals surface area (Å²) in [6.07, 6.45) is 2.73. The quantitative estimate of drug-likeness (QED) is 0.869. The van der Waals surface area contributed by atoms with Crippen molar-refractivity contribution in [3.05, 3.63) is 34.9 Å². The summed E-state index contributed by atoms with van der Waals surface area (Å²) in [4.78, 5) is 0. The highest BCUT2D eigenvalue weighted by Crippen LogP contribution is 2.29. The molecule has 0 radical (unpaired) electrons. The second-order valence-corrected chi connectivity index (χ2v) is 6.54. The van der Waals surface area contributed by atoms with E-state index in [-0.39, 0.29) is 0 Å². The lowest BCUT2D eigenvalue weighted by molar-refractivity contribution is 0.0713. The largest absolute Gasteiger partial charge is 0.390 e. The van der Waals surface area contributed by atoms with Crippen LogP contribution in [-0.4, -0.2) is 30.5 Å². The lowest BCUT2D eigenvalue weighted by Crippen LogP contribution is -2.41. The number of nitrogens with one attached hydrogen (secondary N) is 1. The number of hydrogen-bond acceptors (Lipinski definition) is 3. The fourth-order valence-corrected chi connectivity index (χ4v) is 3.04. The normalized spacial score (nSPS) is 22.6. The third-order valence-corrected chi connectivity index (χ3v) is 4.09. The monoisotopic (exact) mass is 277 g/mol. The van der Waals surface area contributed by atoms with Crippen LogP contribution in [0.5, 0.6) is 0 Å². The Balaban J connectivity index is 2.21. The number of rotatable bonds is 5. The van der Waals surface area contributed by atoms with Crippen LogP contribution in [0.15, 0.2) is 18.2 Å². The molecule has 0 aliphatic carbocycles. The first kappa shape index (κ1) is 15.5. The van der Waals surface area contributed by atoms with Crippen molar-refractivity contribution in [2.75, 3.05) is 13.7 Å². The molecule has 0 saturated carbocycles. The lowest BCUT2D eigenvalue weighted by atomic mass is 9.85. The van der Waals surface area contributed by atoms with Gasteiger partial charge in [-0.25, -0.2) is 0 Å². The van der Waals surface area contributed by atoms with Crippen LogP contribution in [0.3, 0.4) is 0 Å². The zero-order chi connectivity index (χ0) is 14.8. The molecule has 0 fully saturated rings. The van der Waals surface area contributed by atoms with E-state index in [0.717, 1.165) is 25.9 Å². The van der Waals surface area contributed by atoms with Crippen molar-refractivity contribution in [3.63, 3.8) is 0 Å². The number of aryl methyl sites for hydroxylation is 1. The van der Waals surface area contributed by atoms with Gasteiger partial charge in [-0.05, 0) is 56.7 Å². The molecule has 1 aliphatic rings. The lowest BCUT2D eigenvalue weighted by Gasteiger charge is -2.32. The zero-order valence-electron chi connectivity index (χ0n) is 13.1. The summed E-state index contributed by atoms with van der Waals surface area (Å²) in [5.74, 6) is 0. The molecular weight excluding hydrogens is 250 g/mol. The van der Waals surface area contributed by atoms with Gasteiger partial charge in [-0.3, -0.25) is 0 Å². The molecule has 0 unspecified atom stereocenters. The van der Waals surface area contributed by atoms with Gasteiger partial charge < -0.3 is 15.2 Å². The fourth-order valence-electron chi connectivity index (χ4n) is 3.04. The number of hydrogen-bond donors (Lipinski definition) is 2. The second-order valence-electron chi connectivity index (χ2n) is 6.54. The van der Waals surface area contributed by atoms with Crippen LogP contribution in [0.2, 0.25) is 0 Å². The Labute approximate surface area is 122 Å². The number of methoxy groups -OCH3 is 1. The molecule has 1 aliphatic heterocycles. The first-order chi connectivity index (χ1) is 9.40. The highest BCUT2D eigenvalue weighted by Gasteiger charge is 2.25. The SMILES string of the molecule is COC[C@H]1Cc2c(CCC(C)(C)O)cccc2[C@H](C)N1. The maximum atomic E-state index is 9.94. The van der Waals surface area contributed by atoms with Gasteiger partial charge in [0.25, 0.3) is 0 Å². The third kappa shape index (κ3) is 3.81. The molecule has 112 valence electrons. The maximum Gasteiger partial charge on any atom is 0.0619 e. The minimum absolute atomic E-state index is 0.362. The van der Waals surface area contributed by atoms with Gasteiger partial charge in [-0.1, -0.05) is 18.2 Å². The van der Waals surface area contributed by atoms with Crippen molar-refractivity contribution in [3.8, 4) is 0 Å². The van der Waals surface area contributed by atoms with E-state index >= 15 is 0 Å². The Morgan fingerprint density at radius 2 is 2.15 bits per heavy atom. The van der Waals surface area contributed by atoms with Gasteiger partial charge in [0.1, 0.15) is 0 Å². The molecule has 2 N–H and O–H groups in total. The molecule has 1 aromatic carbocycles. The van der Waals surface area contributed by atoms with Crippen LogP contribution in [0.4, 0.5) is 0 Å². The molecule has 3 heteroatoms. The van der Waals surface area contributed by atoms with E-state index in [0.29, 0.717) is 12.1 Å².